The van der Waals surface area contributed by atoms with Gasteiger partial charge in [0.05, 0.1) is 13.7 Å². The molecule has 0 spiro atoms. The molecule has 8 heteroatoms. The number of rotatable bonds is 10. The van der Waals surface area contributed by atoms with Gasteiger partial charge in [0.15, 0.2) is 5.96 Å². The maximum atomic E-state index is 13.5. The summed E-state index contributed by atoms with van der Waals surface area (Å²) in [6.45, 7) is 4.10. The van der Waals surface area contributed by atoms with E-state index in [2.05, 4.69) is 20.9 Å². The SMILES string of the molecule is CCNC(=NCc1ccc(F)cc1CSC)NCCNC(=O)c1cccc(OC)c1. The molecule has 0 radical (unpaired) electrons. The highest BCUT2D eigenvalue weighted by atomic mass is 32.2. The first kappa shape index (κ1) is 23.5. The van der Waals surface area contributed by atoms with Crippen molar-refractivity contribution in [2.75, 3.05) is 33.0 Å². The summed E-state index contributed by atoms with van der Waals surface area (Å²) in [7, 11) is 1.57. The first-order valence-corrected chi connectivity index (χ1v) is 11.2. The Balaban J connectivity index is 1.89. The van der Waals surface area contributed by atoms with Gasteiger partial charge in [0, 0.05) is 31.0 Å². The van der Waals surface area contributed by atoms with Crippen molar-refractivity contribution in [1.82, 2.24) is 16.0 Å². The van der Waals surface area contributed by atoms with Gasteiger partial charge in [-0.15, -0.1) is 0 Å². The average Bonchev–Trinajstić information content (AvgIpc) is 2.76. The second-order valence-corrected chi connectivity index (χ2v) is 7.32. The van der Waals surface area contributed by atoms with E-state index >= 15 is 0 Å². The molecule has 2 rings (SSSR count). The summed E-state index contributed by atoms with van der Waals surface area (Å²) in [6.07, 6.45) is 1.99. The van der Waals surface area contributed by atoms with Crippen LogP contribution in [-0.4, -0.2) is 44.9 Å². The molecular weight excluding hydrogens is 403 g/mol. The third kappa shape index (κ3) is 7.59. The van der Waals surface area contributed by atoms with Crippen LogP contribution in [0, 0.1) is 5.82 Å². The molecule has 3 N–H and O–H groups in total. The Morgan fingerprint density at radius 2 is 1.90 bits per heavy atom. The summed E-state index contributed by atoms with van der Waals surface area (Å²) in [4.78, 5) is 16.8. The first-order valence-electron chi connectivity index (χ1n) is 9.78. The standard InChI is InChI=1S/C22H29FN4O2S/c1-4-24-22(27-14-17-8-9-19(23)12-18(17)15-30-3)26-11-10-25-21(28)16-6-5-7-20(13-16)29-2/h5-9,12-13H,4,10-11,14-15H2,1-3H3,(H,25,28)(H2,24,26,27). The molecule has 0 saturated heterocycles. The lowest BCUT2D eigenvalue weighted by molar-refractivity contribution is 0.0954. The third-order valence-corrected chi connectivity index (χ3v) is 4.85. The number of guanidine groups is 1. The van der Waals surface area contributed by atoms with Crippen LogP contribution in [0.2, 0.25) is 0 Å². The molecule has 2 aromatic rings. The van der Waals surface area contributed by atoms with Crippen LogP contribution in [0.25, 0.3) is 0 Å². The van der Waals surface area contributed by atoms with Crippen molar-refractivity contribution in [3.05, 3.63) is 65.0 Å². The maximum absolute atomic E-state index is 13.5. The molecule has 6 nitrogen and oxygen atoms in total. The molecule has 0 fully saturated rings. The largest absolute Gasteiger partial charge is 0.497 e. The lowest BCUT2D eigenvalue weighted by Gasteiger charge is -2.13. The highest BCUT2D eigenvalue weighted by Gasteiger charge is 2.07. The molecular formula is C22H29FN4O2S. The quantitative estimate of drug-likeness (QED) is 0.305. The minimum atomic E-state index is -0.233. The number of amides is 1. The zero-order chi connectivity index (χ0) is 21.8. The van der Waals surface area contributed by atoms with Crippen LogP contribution >= 0.6 is 11.8 Å². The van der Waals surface area contributed by atoms with E-state index in [0.29, 0.717) is 43.5 Å². The Hall–Kier alpha value is -2.74. The molecule has 0 unspecified atom stereocenters. The van der Waals surface area contributed by atoms with Crippen LogP contribution in [0.3, 0.4) is 0 Å². The van der Waals surface area contributed by atoms with E-state index in [1.807, 2.05) is 13.2 Å². The molecule has 0 aliphatic heterocycles. The predicted octanol–water partition coefficient (Wildman–Crippen LogP) is 3.18. The summed E-state index contributed by atoms with van der Waals surface area (Å²) < 4.78 is 18.7. The van der Waals surface area contributed by atoms with Crippen molar-refractivity contribution in [2.24, 2.45) is 4.99 Å². The maximum Gasteiger partial charge on any atom is 0.251 e. The van der Waals surface area contributed by atoms with Crippen molar-refractivity contribution in [3.8, 4) is 5.75 Å². The van der Waals surface area contributed by atoms with Gasteiger partial charge in [-0.25, -0.2) is 9.38 Å². The second-order valence-electron chi connectivity index (χ2n) is 6.46. The Morgan fingerprint density at radius 1 is 1.10 bits per heavy atom. The Bertz CT molecular complexity index is 861. The third-order valence-electron chi connectivity index (χ3n) is 4.25. The van der Waals surface area contributed by atoms with Gasteiger partial charge in [0.2, 0.25) is 0 Å². The molecule has 0 aliphatic carbocycles. The number of methoxy groups -OCH3 is 1. The van der Waals surface area contributed by atoms with Crippen molar-refractivity contribution in [2.45, 2.75) is 19.2 Å². The number of benzene rings is 2. The number of carbonyl (C=O) groups is 1. The van der Waals surface area contributed by atoms with Crippen LogP contribution < -0.4 is 20.7 Å². The second kappa shape index (κ2) is 12.7. The number of nitrogens with one attached hydrogen (secondary N) is 3. The molecule has 30 heavy (non-hydrogen) atoms. The van der Waals surface area contributed by atoms with E-state index in [9.17, 15) is 9.18 Å². The van der Waals surface area contributed by atoms with Gasteiger partial charge in [-0.1, -0.05) is 12.1 Å². The van der Waals surface area contributed by atoms with Crippen LogP contribution in [0.5, 0.6) is 5.75 Å². The van der Waals surface area contributed by atoms with E-state index in [4.69, 9.17) is 4.74 Å². The predicted molar refractivity (Wildman–Crippen MR) is 122 cm³/mol. The Labute approximate surface area is 181 Å². The molecule has 2 aromatic carbocycles. The Morgan fingerprint density at radius 3 is 2.63 bits per heavy atom. The lowest BCUT2D eigenvalue weighted by Crippen LogP contribution is -2.41. The number of ether oxygens (including phenoxy) is 1. The van der Waals surface area contributed by atoms with E-state index in [-0.39, 0.29) is 11.7 Å². The molecule has 162 valence electrons. The first-order chi connectivity index (χ1) is 14.6. The zero-order valence-electron chi connectivity index (χ0n) is 17.6. The molecule has 0 aromatic heterocycles. The molecule has 0 bridgehead atoms. The van der Waals surface area contributed by atoms with Gasteiger partial charge in [-0.3, -0.25) is 4.79 Å². The van der Waals surface area contributed by atoms with E-state index < -0.39 is 0 Å². The fourth-order valence-electron chi connectivity index (χ4n) is 2.77. The number of carbonyl (C=O) groups excluding carboxylic acids is 1. The highest BCUT2D eigenvalue weighted by Crippen LogP contribution is 2.17. The number of hydrogen-bond acceptors (Lipinski definition) is 4. The van der Waals surface area contributed by atoms with Crippen LogP contribution in [0.1, 0.15) is 28.4 Å². The summed E-state index contributed by atoms with van der Waals surface area (Å²) in [6, 6.07) is 11.8. The number of nitrogens with zero attached hydrogens (tertiary/aromatic N) is 1. The lowest BCUT2D eigenvalue weighted by atomic mass is 10.1. The number of thioether (sulfide) groups is 1. The molecule has 0 atom stereocenters. The van der Waals surface area contributed by atoms with E-state index in [1.165, 1.54) is 6.07 Å². The number of hydrogen-bond donors (Lipinski definition) is 3. The van der Waals surface area contributed by atoms with Gasteiger partial charge in [-0.2, -0.15) is 11.8 Å². The van der Waals surface area contributed by atoms with Gasteiger partial charge in [0.1, 0.15) is 11.6 Å². The minimum Gasteiger partial charge on any atom is -0.497 e. The summed E-state index contributed by atoms with van der Waals surface area (Å²) >= 11 is 1.65. The zero-order valence-corrected chi connectivity index (χ0v) is 18.4. The normalized spacial score (nSPS) is 11.1. The van der Waals surface area contributed by atoms with Gasteiger partial charge in [-0.05, 0) is 54.6 Å². The van der Waals surface area contributed by atoms with E-state index in [0.717, 1.165) is 16.9 Å². The minimum absolute atomic E-state index is 0.161. The van der Waals surface area contributed by atoms with Gasteiger partial charge >= 0.3 is 0 Å². The Kier molecular flexibility index (Phi) is 10.00. The van der Waals surface area contributed by atoms with Crippen molar-refractivity contribution in [3.63, 3.8) is 0 Å². The number of halogens is 1. The fraction of sp³-hybridized carbons (Fsp3) is 0.364. The number of aliphatic imine (C=N–C) groups is 1. The van der Waals surface area contributed by atoms with Crippen LogP contribution in [0.4, 0.5) is 4.39 Å². The van der Waals surface area contributed by atoms with E-state index in [1.54, 1.807) is 55.3 Å². The molecule has 0 aliphatic rings. The highest BCUT2D eigenvalue weighted by molar-refractivity contribution is 7.97. The monoisotopic (exact) mass is 432 g/mol. The van der Waals surface area contributed by atoms with Gasteiger partial charge in [0.25, 0.3) is 5.91 Å². The molecule has 0 saturated carbocycles. The molecule has 1 amide bonds. The summed E-state index contributed by atoms with van der Waals surface area (Å²) in [5.74, 6) is 1.63. The van der Waals surface area contributed by atoms with Gasteiger partial charge < -0.3 is 20.7 Å². The van der Waals surface area contributed by atoms with Crippen LogP contribution in [0.15, 0.2) is 47.5 Å². The topological polar surface area (TPSA) is 74.8 Å². The van der Waals surface area contributed by atoms with Crippen molar-refractivity contribution in [1.29, 1.82) is 0 Å². The average molecular weight is 433 g/mol. The van der Waals surface area contributed by atoms with Crippen molar-refractivity contribution < 1.29 is 13.9 Å². The van der Waals surface area contributed by atoms with Crippen LogP contribution in [-0.2, 0) is 12.3 Å². The fourth-order valence-corrected chi connectivity index (χ4v) is 3.35. The smallest absolute Gasteiger partial charge is 0.251 e. The molecule has 0 heterocycles. The summed E-state index contributed by atoms with van der Waals surface area (Å²) in [5, 5.41) is 9.25. The summed E-state index contributed by atoms with van der Waals surface area (Å²) in [5.41, 5.74) is 2.49. The van der Waals surface area contributed by atoms with Crippen molar-refractivity contribution >= 4 is 23.6 Å².